The number of carbonyl (C=O) groups is 2. The molecule has 1 aliphatic carbocycles. The number of hydrogen-bond donors (Lipinski definition) is 3. The van der Waals surface area contributed by atoms with Crippen molar-refractivity contribution in [1.29, 1.82) is 0 Å². The molecule has 7 nitrogen and oxygen atoms in total. The van der Waals surface area contributed by atoms with Crippen molar-refractivity contribution in [3.05, 3.63) is 41.2 Å². The summed E-state index contributed by atoms with van der Waals surface area (Å²) < 4.78 is 40.1. The van der Waals surface area contributed by atoms with Crippen LogP contribution in [0.5, 0.6) is 0 Å². The molecule has 0 bridgehead atoms. The number of amides is 2. The number of aromatic nitrogens is 2. The van der Waals surface area contributed by atoms with E-state index in [9.17, 15) is 22.8 Å². The minimum atomic E-state index is -4.52. The van der Waals surface area contributed by atoms with Gasteiger partial charge in [0.05, 0.1) is 28.2 Å². The first-order valence-corrected chi connectivity index (χ1v) is 10.8. The van der Waals surface area contributed by atoms with Gasteiger partial charge in [-0.1, -0.05) is 11.6 Å². The summed E-state index contributed by atoms with van der Waals surface area (Å²) in [7, 11) is 0. The van der Waals surface area contributed by atoms with Gasteiger partial charge in [-0.3, -0.25) is 14.3 Å². The molecule has 0 unspecified atom stereocenters. The molecule has 2 aromatic rings. The molecule has 32 heavy (non-hydrogen) atoms. The first-order chi connectivity index (χ1) is 15.2. The molecule has 1 aromatic carbocycles. The average molecular weight is 470 g/mol. The normalized spacial score (nSPS) is 18.6. The lowest BCUT2D eigenvalue weighted by molar-refractivity contribution is -0.137. The molecule has 1 aliphatic heterocycles. The minimum Gasteiger partial charge on any atom is -0.323 e. The van der Waals surface area contributed by atoms with E-state index in [4.69, 9.17) is 11.6 Å². The number of hydrogen-bond acceptors (Lipinski definition) is 4. The van der Waals surface area contributed by atoms with Crippen LogP contribution in [-0.4, -0.2) is 34.7 Å². The molecular formula is C21H23ClF3N5O2. The second-order valence-electron chi connectivity index (χ2n) is 8.22. The Morgan fingerprint density at radius 1 is 1.19 bits per heavy atom. The number of nitrogens with zero attached hydrogens (tertiary/aromatic N) is 2. The average Bonchev–Trinajstić information content (AvgIpc) is 3.17. The predicted octanol–water partition coefficient (Wildman–Crippen LogP) is 4.01. The van der Waals surface area contributed by atoms with E-state index in [1.165, 1.54) is 10.9 Å². The molecule has 0 radical (unpaired) electrons. The van der Waals surface area contributed by atoms with Crippen molar-refractivity contribution in [1.82, 2.24) is 15.1 Å². The summed E-state index contributed by atoms with van der Waals surface area (Å²) in [6.07, 6.45) is 1.95. The number of anilines is 2. The van der Waals surface area contributed by atoms with Crippen LogP contribution in [0.2, 0.25) is 5.02 Å². The Kier molecular flexibility index (Phi) is 6.17. The first kappa shape index (κ1) is 22.6. The Bertz CT molecular complexity index is 1010. The Morgan fingerprint density at radius 3 is 2.50 bits per heavy atom. The van der Waals surface area contributed by atoms with E-state index < -0.39 is 23.2 Å². The number of benzene rings is 1. The number of carbonyl (C=O) groups excluding carboxylic acids is 2. The Balaban J connectivity index is 1.47. The fraction of sp³-hybridized carbons (Fsp3) is 0.476. The summed E-state index contributed by atoms with van der Waals surface area (Å²) in [6, 6.07) is 2.80. The number of halogens is 4. The van der Waals surface area contributed by atoms with Gasteiger partial charge in [0.1, 0.15) is 5.54 Å². The van der Waals surface area contributed by atoms with Gasteiger partial charge >= 0.3 is 6.18 Å². The zero-order valence-electron chi connectivity index (χ0n) is 17.1. The Labute approximate surface area is 187 Å². The largest absolute Gasteiger partial charge is 0.416 e. The van der Waals surface area contributed by atoms with Crippen LogP contribution in [0.1, 0.15) is 37.7 Å². The second-order valence-corrected chi connectivity index (χ2v) is 8.63. The zero-order chi connectivity index (χ0) is 22.9. The summed E-state index contributed by atoms with van der Waals surface area (Å²) >= 11 is 5.98. The van der Waals surface area contributed by atoms with Crippen molar-refractivity contribution in [3.8, 4) is 0 Å². The van der Waals surface area contributed by atoms with Crippen LogP contribution in [0.15, 0.2) is 30.6 Å². The van der Waals surface area contributed by atoms with Gasteiger partial charge in [-0.2, -0.15) is 18.3 Å². The van der Waals surface area contributed by atoms with Gasteiger partial charge in [0.25, 0.3) is 5.91 Å². The molecule has 1 saturated heterocycles. The van der Waals surface area contributed by atoms with E-state index in [1.807, 2.05) is 0 Å². The van der Waals surface area contributed by atoms with E-state index in [0.29, 0.717) is 18.5 Å². The van der Waals surface area contributed by atoms with Gasteiger partial charge in [0.15, 0.2) is 0 Å². The fourth-order valence-electron chi connectivity index (χ4n) is 4.05. The van der Waals surface area contributed by atoms with E-state index in [0.717, 1.165) is 50.6 Å². The van der Waals surface area contributed by atoms with Crippen LogP contribution in [0.3, 0.4) is 0 Å². The van der Waals surface area contributed by atoms with Gasteiger partial charge in [-0.15, -0.1) is 0 Å². The van der Waals surface area contributed by atoms with Crippen LogP contribution in [0, 0.1) is 5.92 Å². The molecule has 2 amide bonds. The van der Waals surface area contributed by atoms with Crippen LogP contribution >= 0.6 is 11.6 Å². The highest BCUT2D eigenvalue weighted by atomic mass is 35.5. The number of rotatable bonds is 5. The molecule has 2 fully saturated rings. The quantitative estimate of drug-likeness (QED) is 0.617. The third-order valence-corrected chi connectivity index (χ3v) is 6.46. The molecule has 11 heteroatoms. The predicted molar refractivity (Wildman–Crippen MR) is 113 cm³/mol. The van der Waals surface area contributed by atoms with Crippen molar-refractivity contribution in [2.24, 2.45) is 5.92 Å². The molecule has 1 aromatic heterocycles. The van der Waals surface area contributed by atoms with Crippen LogP contribution in [0.25, 0.3) is 0 Å². The lowest BCUT2D eigenvalue weighted by Gasteiger charge is -2.40. The van der Waals surface area contributed by atoms with E-state index >= 15 is 0 Å². The van der Waals surface area contributed by atoms with Crippen LogP contribution in [-0.2, 0) is 21.3 Å². The molecule has 4 rings (SSSR count). The van der Waals surface area contributed by atoms with Gasteiger partial charge in [-0.05, 0) is 63.4 Å². The summed E-state index contributed by atoms with van der Waals surface area (Å²) in [4.78, 5) is 25.6. The number of piperidine rings is 1. The van der Waals surface area contributed by atoms with Gasteiger partial charge in [-0.25, -0.2) is 0 Å². The summed E-state index contributed by atoms with van der Waals surface area (Å²) in [5.41, 5.74) is -1.27. The first-order valence-electron chi connectivity index (χ1n) is 10.4. The summed E-state index contributed by atoms with van der Waals surface area (Å²) in [5.74, 6) is -0.554. The lowest BCUT2D eigenvalue weighted by Crippen LogP contribution is -2.51. The molecule has 1 saturated carbocycles. The van der Waals surface area contributed by atoms with Crippen molar-refractivity contribution in [2.45, 2.75) is 43.8 Å². The number of nitrogens with one attached hydrogen (secondary N) is 3. The highest BCUT2D eigenvalue weighted by Gasteiger charge is 2.47. The van der Waals surface area contributed by atoms with Crippen molar-refractivity contribution in [3.63, 3.8) is 0 Å². The van der Waals surface area contributed by atoms with Gasteiger partial charge < -0.3 is 16.0 Å². The molecule has 3 N–H and O–H groups in total. The second kappa shape index (κ2) is 8.74. The standard InChI is InChI=1S/C21H23ClF3N5O2/c22-16-10-14(21(23,24)25)2-3-17(16)29-19(32)20(6-1-7-20)30-12-15(11-27-30)28-18(31)13-4-8-26-9-5-13/h2-3,10-13,26H,1,4-9H2,(H,28,31)(H,29,32). The third-order valence-electron chi connectivity index (χ3n) is 6.15. The Hall–Kier alpha value is -2.59. The zero-order valence-corrected chi connectivity index (χ0v) is 17.9. The minimum absolute atomic E-state index is 0.0672. The smallest absolute Gasteiger partial charge is 0.323 e. The molecule has 172 valence electrons. The van der Waals surface area contributed by atoms with E-state index in [-0.39, 0.29) is 22.5 Å². The fourth-order valence-corrected chi connectivity index (χ4v) is 4.28. The number of alkyl halides is 3. The summed E-state index contributed by atoms with van der Waals surface area (Å²) in [6.45, 7) is 1.60. The van der Waals surface area contributed by atoms with E-state index in [2.05, 4.69) is 21.0 Å². The topological polar surface area (TPSA) is 88.0 Å². The highest BCUT2D eigenvalue weighted by Crippen LogP contribution is 2.41. The molecular weight excluding hydrogens is 447 g/mol. The van der Waals surface area contributed by atoms with Gasteiger partial charge in [0.2, 0.25) is 5.91 Å². The van der Waals surface area contributed by atoms with Gasteiger partial charge in [0, 0.05) is 12.1 Å². The molecule has 2 aliphatic rings. The summed E-state index contributed by atoms with van der Waals surface area (Å²) in [5, 5.41) is 12.8. The van der Waals surface area contributed by atoms with Crippen molar-refractivity contribution >= 4 is 34.8 Å². The van der Waals surface area contributed by atoms with Crippen molar-refractivity contribution in [2.75, 3.05) is 23.7 Å². The Morgan fingerprint density at radius 2 is 1.91 bits per heavy atom. The van der Waals surface area contributed by atoms with Crippen LogP contribution in [0.4, 0.5) is 24.5 Å². The maximum absolute atomic E-state index is 13.1. The van der Waals surface area contributed by atoms with Crippen molar-refractivity contribution < 1.29 is 22.8 Å². The molecule has 2 heterocycles. The third kappa shape index (κ3) is 4.47. The maximum Gasteiger partial charge on any atom is 0.416 e. The SMILES string of the molecule is O=C(Nc1cnn(C2(C(=O)Nc3ccc(C(F)(F)F)cc3Cl)CCC2)c1)C1CCNCC1. The maximum atomic E-state index is 13.1. The van der Waals surface area contributed by atoms with E-state index in [1.54, 1.807) is 6.20 Å². The molecule has 0 atom stereocenters. The molecule has 0 spiro atoms. The highest BCUT2D eigenvalue weighted by molar-refractivity contribution is 6.33. The lowest BCUT2D eigenvalue weighted by atomic mass is 9.76. The monoisotopic (exact) mass is 469 g/mol. The van der Waals surface area contributed by atoms with Crippen LogP contribution < -0.4 is 16.0 Å².